The Balaban J connectivity index is 1.71. The van der Waals surface area contributed by atoms with Gasteiger partial charge in [-0.3, -0.25) is 4.98 Å². The Morgan fingerprint density at radius 2 is 1.96 bits per heavy atom. The van der Waals surface area contributed by atoms with Gasteiger partial charge in [-0.2, -0.15) is 9.97 Å². The average molecular weight is 337 g/mol. The van der Waals surface area contributed by atoms with Gasteiger partial charge in [-0.1, -0.05) is 11.6 Å². The van der Waals surface area contributed by atoms with Crippen molar-refractivity contribution in [3.63, 3.8) is 0 Å². The van der Waals surface area contributed by atoms with E-state index in [-0.39, 0.29) is 6.10 Å². The van der Waals surface area contributed by atoms with Crippen LogP contribution in [0, 0.1) is 0 Å². The smallest absolute Gasteiger partial charge is 0.232 e. The summed E-state index contributed by atoms with van der Waals surface area (Å²) in [7, 11) is 3.12. The number of hydrogen-bond donors (Lipinski definition) is 0. The number of aromatic nitrogens is 3. The maximum Gasteiger partial charge on any atom is 0.232 e. The topological polar surface area (TPSA) is 69.6 Å². The molecule has 2 aromatic rings. The van der Waals surface area contributed by atoms with Crippen LogP contribution in [-0.4, -0.2) is 48.4 Å². The highest BCUT2D eigenvalue weighted by atomic mass is 35.5. The van der Waals surface area contributed by atoms with Gasteiger partial charge in [-0.25, -0.2) is 0 Å². The first-order valence-corrected chi connectivity index (χ1v) is 7.55. The molecule has 0 aliphatic carbocycles. The minimum atomic E-state index is 0.00990. The molecular weight excluding hydrogens is 320 g/mol. The fourth-order valence-electron chi connectivity index (χ4n) is 2.39. The van der Waals surface area contributed by atoms with Gasteiger partial charge in [-0.15, -0.1) is 0 Å². The number of rotatable bonds is 5. The first-order chi connectivity index (χ1) is 11.2. The van der Waals surface area contributed by atoms with Crippen molar-refractivity contribution >= 4 is 17.5 Å². The lowest BCUT2D eigenvalue weighted by Gasteiger charge is -2.18. The number of methoxy groups -OCH3 is 2. The Kier molecular flexibility index (Phi) is 4.66. The number of nitrogens with zero attached hydrogens (tertiary/aromatic N) is 4. The monoisotopic (exact) mass is 336 g/mol. The Morgan fingerprint density at radius 3 is 2.61 bits per heavy atom. The van der Waals surface area contributed by atoms with Crippen molar-refractivity contribution in [1.29, 1.82) is 0 Å². The lowest BCUT2D eigenvalue weighted by atomic mass is 10.3. The molecule has 1 aliphatic rings. The summed E-state index contributed by atoms with van der Waals surface area (Å²) in [5, 5.41) is 0.505. The highest BCUT2D eigenvalue weighted by Crippen LogP contribution is 2.28. The predicted octanol–water partition coefficient (Wildman–Crippen LogP) is 2.20. The van der Waals surface area contributed by atoms with Gasteiger partial charge in [0.25, 0.3) is 0 Å². The minimum absolute atomic E-state index is 0.00990. The summed E-state index contributed by atoms with van der Waals surface area (Å²) >= 11 is 6.08. The van der Waals surface area contributed by atoms with Crippen LogP contribution in [0.25, 0.3) is 0 Å². The van der Waals surface area contributed by atoms with Crippen LogP contribution in [0.2, 0.25) is 5.02 Å². The number of pyridine rings is 1. The molecule has 0 saturated carbocycles. The molecule has 3 heterocycles. The fourth-order valence-corrected chi connectivity index (χ4v) is 2.55. The molecule has 23 heavy (non-hydrogen) atoms. The first kappa shape index (κ1) is 15.6. The van der Waals surface area contributed by atoms with Crippen molar-refractivity contribution in [2.75, 3.05) is 32.2 Å². The Labute approximate surface area is 139 Å². The summed E-state index contributed by atoms with van der Waals surface area (Å²) in [5.74, 6) is 2.13. The molecule has 7 nitrogen and oxygen atoms in total. The van der Waals surface area contributed by atoms with E-state index in [4.69, 9.17) is 25.8 Å². The van der Waals surface area contributed by atoms with Crippen LogP contribution in [0.4, 0.5) is 5.95 Å². The van der Waals surface area contributed by atoms with E-state index in [0.29, 0.717) is 35.0 Å². The van der Waals surface area contributed by atoms with Crippen LogP contribution in [0.5, 0.6) is 17.5 Å². The van der Waals surface area contributed by atoms with E-state index in [0.717, 1.165) is 13.0 Å². The van der Waals surface area contributed by atoms with Crippen LogP contribution in [0.3, 0.4) is 0 Å². The first-order valence-electron chi connectivity index (χ1n) is 7.17. The van der Waals surface area contributed by atoms with Crippen molar-refractivity contribution in [1.82, 2.24) is 15.0 Å². The number of ether oxygens (including phenoxy) is 3. The van der Waals surface area contributed by atoms with Crippen molar-refractivity contribution in [3.05, 3.63) is 29.5 Å². The van der Waals surface area contributed by atoms with Gasteiger partial charge in [0.1, 0.15) is 16.9 Å². The molecule has 0 spiro atoms. The molecule has 1 aliphatic heterocycles. The van der Waals surface area contributed by atoms with E-state index in [9.17, 15) is 0 Å². The summed E-state index contributed by atoms with van der Waals surface area (Å²) in [6.45, 7) is 1.44. The van der Waals surface area contributed by atoms with E-state index in [1.54, 1.807) is 38.7 Å². The van der Waals surface area contributed by atoms with Gasteiger partial charge < -0.3 is 19.1 Å². The summed E-state index contributed by atoms with van der Waals surface area (Å²) in [6.07, 6.45) is 4.08. The standard InChI is InChI=1S/C15H17ClN4O3/c1-21-13-7-14(22-2)19-15(18-13)20-6-4-10(9-20)23-12-3-5-17-8-11(12)16/h3,5,7-8,10H,4,6,9H2,1-2H3. The number of hydrogen-bond acceptors (Lipinski definition) is 7. The zero-order chi connectivity index (χ0) is 16.2. The second-order valence-electron chi connectivity index (χ2n) is 5.03. The average Bonchev–Trinajstić information content (AvgIpc) is 3.05. The van der Waals surface area contributed by atoms with Gasteiger partial charge >= 0.3 is 0 Å². The van der Waals surface area contributed by atoms with Gasteiger partial charge in [0.05, 0.1) is 26.8 Å². The number of anilines is 1. The van der Waals surface area contributed by atoms with Gasteiger partial charge in [0.2, 0.25) is 17.7 Å². The van der Waals surface area contributed by atoms with Crippen LogP contribution in [0.15, 0.2) is 24.5 Å². The third kappa shape index (κ3) is 3.56. The highest BCUT2D eigenvalue weighted by Gasteiger charge is 2.27. The number of halogens is 1. The molecule has 0 bridgehead atoms. The van der Waals surface area contributed by atoms with Crippen molar-refractivity contribution < 1.29 is 14.2 Å². The SMILES string of the molecule is COc1cc(OC)nc(N2CCC(Oc3ccncc3Cl)C2)n1. The van der Waals surface area contributed by atoms with E-state index < -0.39 is 0 Å². The van der Waals surface area contributed by atoms with Gasteiger partial charge in [0.15, 0.2) is 0 Å². The summed E-state index contributed by atoms with van der Waals surface area (Å²) < 4.78 is 16.3. The van der Waals surface area contributed by atoms with Crippen molar-refractivity contribution in [3.8, 4) is 17.5 Å². The Bertz CT molecular complexity index is 663. The van der Waals surface area contributed by atoms with E-state index in [1.165, 1.54) is 0 Å². The molecule has 122 valence electrons. The molecule has 1 atom stereocenters. The van der Waals surface area contributed by atoms with Crippen LogP contribution < -0.4 is 19.1 Å². The highest BCUT2D eigenvalue weighted by molar-refractivity contribution is 6.31. The molecule has 1 saturated heterocycles. The molecule has 0 N–H and O–H groups in total. The van der Waals surface area contributed by atoms with Crippen LogP contribution >= 0.6 is 11.6 Å². The largest absolute Gasteiger partial charge is 0.487 e. The molecule has 3 rings (SSSR count). The molecular formula is C15H17ClN4O3. The Morgan fingerprint density at radius 1 is 1.22 bits per heavy atom. The third-order valence-corrected chi connectivity index (χ3v) is 3.83. The second kappa shape index (κ2) is 6.87. The minimum Gasteiger partial charge on any atom is -0.487 e. The molecule has 1 fully saturated rings. The molecule has 8 heteroatoms. The maximum atomic E-state index is 6.08. The molecule has 0 radical (unpaired) electrons. The molecule has 1 unspecified atom stereocenters. The molecule has 0 aromatic carbocycles. The van der Waals surface area contributed by atoms with E-state index >= 15 is 0 Å². The maximum absolute atomic E-state index is 6.08. The summed E-state index contributed by atoms with van der Waals surface area (Å²) in [4.78, 5) is 14.7. The molecule has 0 amide bonds. The normalized spacial score (nSPS) is 17.2. The molecule has 2 aromatic heterocycles. The van der Waals surface area contributed by atoms with Crippen LogP contribution in [0.1, 0.15) is 6.42 Å². The third-order valence-electron chi connectivity index (χ3n) is 3.54. The second-order valence-corrected chi connectivity index (χ2v) is 5.44. The van der Waals surface area contributed by atoms with Crippen molar-refractivity contribution in [2.24, 2.45) is 0 Å². The zero-order valence-corrected chi connectivity index (χ0v) is 13.7. The quantitative estimate of drug-likeness (QED) is 0.829. The van der Waals surface area contributed by atoms with Gasteiger partial charge in [-0.05, 0) is 0 Å². The van der Waals surface area contributed by atoms with E-state index in [2.05, 4.69) is 15.0 Å². The Hall–Kier alpha value is -2.28. The lowest BCUT2D eigenvalue weighted by molar-refractivity contribution is 0.224. The fraction of sp³-hybridized carbons (Fsp3) is 0.400. The zero-order valence-electron chi connectivity index (χ0n) is 12.9. The van der Waals surface area contributed by atoms with Crippen LogP contribution in [-0.2, 0) is 0 Å². The summed E-state index contributed by atoms with van der Waals surface area (Å²) in [5.41, 5.74) is 0. The predicted molar refractivity (Wildman–Crippen MR) is 85.6 cm³/mol. The van der Waals surface area contributed by atoms with Crippen molar-refractivity contribution in [2.45, 2.75) is 12.5 Å². The summed E-state index contributed by atoms with van der Waals surface area (Å²) in [6, 6.07) is 3.40. The lowest BCUT2D eigenvalue weighted by Crippen LogP contribution is -2.26. The van der Waals surface area contributed by atoms with E-state index in [1.807, 2.05) is 4.90 Å². The van der Waals surface area contributed by atoms with Gasteiger partial charge in [0, 0.05) is 31.4 Å².